The molecule has 3 N–H and O–H groups in total. The van der Waals surface area contributed by atoms with Crippen molar-refractivity contribution in [2.24, 2.45) is 5.73 Å². The highest BCUT2D eigenvalue weighted by atomic mass is 16.3. The first kappa shape index (κ1) is 12.9. The average Bonchev–Trinajstić information content (AvgIpc) is 2.44. The van der Waals surface area contributed by atoms with Crippen molar-refractivity contribution in [3.05, 3.63) is 42.5 Å². The van der Waals surface area contributed by atoms with E-state index in [1.54, 1.807) is 0 Å². The Morgan fingerprint density at radius 3 is 2.61 bits per heavy atom. The number of aliphatic hydroxyl groups excluding tert-OH is 1. The summed E-state index contributed by atoms with van der Waals surface area (Å²) in [6, 6.07) is 14.5. The Labute approximate surface area is 108 Å². The number of rotatable bonds is 5. The van der Waals surface area contributed by atoms with Crippen LogP contribution in [0.5, 0.6) is 0 Å². The Hall–Kier alpha value is -1.58. The molecule has 0 aromatic heterocycles. The maximum Gasteiger partial charge on any atom is 0.0836 e. The summed E-state index contributed by atoms with van der Waals surface area (Å²) in [6.07, 6.45) is -0.482. The molecule has 0 amide bonds. The van der Waals surface area contributed by atoms with Gasteiger partial charge < -0.3 is 15.7 Å². The zero-order valence-electron chi connectivity index (χ0n) is 10.7. The molecule has 0 bridgehead atoms. The number of nitrogens with two attached hydrogens (primary N) is 1. The fraction of sp³-hybridized carbons (Fsp3) is 0.333. The van der Waals surface area contributed by atoms with Gasteiger partial charge in [-0.15, -0.1) is 0 Å². The number of likely N-dealkylation sites (N-methyl/N-ethyl adjacent to an activating group) is 1. The number of hydrogen-bond acceptors (Lipinski definition) is 3. The second kappa shape index (κ2) is 5.85. The van der Waals surface area contributed by atoms with Gasteiger partial charge in [0.2, 0.25) is 0 Å². The lowest BCUT2D eigenvalue weighted by Crippen LogP contribution is -2.36. The van der Waals surface area contributed by atoms with Crippen LogP contribution in [-0.2, 0) is 0 Å². The fourth-order valence-corrected chi connectivity index (χ4v) is 2.21. The molecular formula is C15H20N2O. The first-order chi connectivity index (χ1) is 8.76. The lowest BCUT2D eigenvalue weighted by atomic mass is 10.1. The molecule has 0 fully saturated rings. The molecule has 0 saturated heterocycles. The van der Waals surface area contributed by atoms with Crippen molar-refractivity contribution < 1.29 is 5.11 Å². The van der Waals surface area contributed by atoms with E-state index in [4.69, 9.17) is 5.73 Å². The van der Waals surface area contributed by atoms with Gasteiger partial charge >= 0.3 is 0 Å². The second-order valence-electron chi connectivity index (χ2n) is 4.43. The van der Waals surface area contributed by atoms with E-state index in [9.17, 15) is 5.11 Å². The van der Waals surface area contributed by atoms with Crippen LogP contribution in [-0.4, -0.2) is 30.8 Å². The third-order valence-electron chi connectivity index (χ3n) is 3.19. The fourth-order valence-electron chi connectivity index (χ4n) is 2.21. The molecule has 2 rings (SSSR count). The van der Waals surface area contributed by atoms with Gasteiger partial charge in [0.1, 0.15) is 0 Å². The molecule has 18 heavy (non-hydrogen) atoms. The Balaban J connectivity index is 2.38. The van der Waals surface area contributed by atoms with Gasteiger partial charge in [-0.25, -0.2) is 0 Å². The molecule has 0 aliphatic carbocycles. The number of nitrogens with zero attached hydrogens (tertiary/aromatic N) is 1. The summed E-state index contributed by atoms with van der Waals surface area (Å²) in [5.74, 6) is 0. The number of hydrogen-bond donors (Lipinski definition) is 2. The number of aliphatic hydroxyl groups is 1. The van der Waals surface area contributed by atoms with Crippen molar-refractivity contribution in [2.75, 3.05) is 24.5 Å². The van der Waals surface area contributed by atoms with Crippen LogP contribution in [0.25, 0.3) is 10.8 Å². The summed E-state index contributed by atoms with van der Waals surface area (Å²) < 4.78 is 0. The standard InChI is InChI=1S/C15H20N2O/c1-2-17(11-13(18)10-16)15-9-5-7-12-6-3-4-8-14(12)15/h3-9,13,18H,2,10-11,16H2,1H3. The van der Waals surface area contributed by atoms with E-state index >= 15 is 0 Å². The molecule has 3 heteroatoms. The lowest BCUT2D eigenvalue weighted by Gasteiger charge is -2.26. The average molecular weight is 244 g/mol. The topological polar surface area (TPSA) is 49.5 Å². The third kappa shape index (κ3) is 2.63. The molecule has 2 aromatic rings. The Morgan fingerprint density at radius 1 is 1.17 bits per heavy atom. The monoisotopic (exact) mass is 244 g/mol. The summed E-state index contributed by atoms with van der Waals surface area (Å²) in [5, 5.41) is 12.2. The molecule has 0 radical (unpaired) electrons. The largest absolute Gasteiger partial charge is 0.390 e. The van der Waals surface area contributed by atoms with Crippen LogP contribution in [0.1, 0.15) is 6.92 Å². The van der Waals surface area contributed by atoms with Crippen molar-refractivity contribution in [3.63, 3.8) is 0 Å². The van der Waals surface area contributed by atoms with Crippen LogP contribution in [0.4, 0.5) is 5.69 Å². The van der Waals surface area contributed by atoms with Crippen molar-refractivity contribution in [1.29, 1.82) is 0 Å². The minimum absolute atomic E-state index is 0.293. The summed E-state index contributed by atoms with van der Waals surface area (Å²) in [4.78, 5) is 2.17. The van der Waals surface area contributed by atoms with Crippen LogP contribution in [0.2, 0.25) is 0 Å². The maximum absolute atomic E-state index is 9.73. The van der Waals surface area contributed by atoms with E-state index in [2.05, 4.69) is 42.2 Å². The maximum atomic E-state index is 9.73. The molecular weight excluding hydrogens is 224 g/mol. The first-order valence-electron chi connectivity index (χ1n) is 6.37. The van der Waals surface area contributed by atoms with Crippen LogP contribution < -0.4 is 10.6 Å². The van der Waals surface area contributed by atoms with Crippen molar-refractivity contribution >= 4 is 16.5 Å². The Kier molecular flexibility index (Phi) is 4.18. The van der Waals surface area contributed by atoms with Gasteiger partial charge in [0, 0.05) is 30.7 Å². The molecule has 1 unspecified atom stereocenters. The molecule has 0 spiro atoms. The molecule has 2 aromatic carbocycles. The lowest BCUT2D eigenvalue weighted by molar-refractivity contribution is 0.188. The molecule has 0 saturated carbocycles. The van der Waals surface area contributed by atoms with Crippen LogP contribution in [0.15, 0.2) is 42.5 Å². The van der Waals surface area contributed by atoms with E-state index in [1.165, 1.54) is 10.8 Å². The van der Waals surface area contributed by atoms with E-state index in [1.807, 2.05) is 12.1 Å². The normalized spacial score (nSPS) is 12.6. The summed E-state index contributed by atoms with van der Waals surface area (Å²) in [7, 11) is 0. The third-order valence-corrected chi connectivity index (χ3v) is 3.19. The zero-order chi connectivity index (χ0) is 13.0. The van der Waals surface area contributed by atoms with Gasteiger partial charge in [0.15, 0.2) is 0 Å². The van der Waals surface area contributed by atoms with Gasteiger partial charge in [-0.1, -0.05) is 36.4 Å². The van der Waals surface area contributed by atoms with Crippen molar-refractivity contribution in [3.8, 4) is 0 Å². The van der Waals surface area contributed by atoms with E-state index in [-0.39, 0.29) is 0 Å². The minimum atomic E-state index is -0.482. The zero-order valence-corrected chi connectivity index (χ0v) is 10.7. The van der Waals surface area contributed by atoms with Crippen LogP contribution in [0.3, 0.4) is 0 Å². The van der Waals surface area contributed by atoms with Gasteiger partial charge in [-0.05, 0) is 18.4 Å². The van der Waals surface area contributed by atoms with Crippen molar-refractivity contribution in [2.45, 2.75) is 13.0 Å². The number of anilines is 1. The highest BCUT2D eigenvalue weighted by Crippen LogP contribution is 2.26. The quantitative estimate of drug-likeness (QED) is 0.845. The summed E-state index contributed by atoms with van der Waals surface area (Å²) in [5.41, 5.74) is 6.64. The van der Waals surface area contributed by atoms with Crippen molar-refractivity contribution in [1.82, 2.24) is 0 Å². The van der Waals surface area contributed by atoms with Gasteiger partial charge in [-0.3, -0.25) is 0 Å². The summed E-state index contributed by atoms with van der Waals surface area (Å²) in [6.45, 7) is 3.80. The van der Waals surface area contributed by atoms with Crippen LogP contribution >= 0.6 is 0 Å². The SMILES string of the molecule is CCN(CC(O)CN)c1cccc2ccccc12. The van der Waals surface area contributed by atoms with Gasteiger partial charge in [0.25, 0.3) is 0 Å². The van der Waals surface area contributed by atoms with Crippen LogP contribution in [0, 0.1) is 0 Å². The van der Waals surface area contributed by atoms with Gasteiger partial charge in [-0.2, -0.15) is 0 Å². The highest BCUT2D eigenvalue weighted by Gasteiger charge is 2.11. The predicted molar refractivity (Wildman–Crippen MR) is 76.9 cm³/mol. The second-order valence-corrected chi connectivity index (χ2v) is 4.43. The number of benzene rings is 2. The molecule has 3 nitrogen and oxygen atoms in total. The highest BCUT2D eigenvalue weighted by molar-refractivity contribution is 5.94. The van der Waals surface area contributed by atoms with E-state index in [0.717, 1.165) is 12.2 Å². The molecule has 0 aliphatic heterocycles. The smallest absolute Gasteiger partial charge is 0.0836 e. The minimum Gasteiger partial charge on any atom is -0.390 e. The number of fused-ring (bicyclic) bond motifs is 1. The summed E-state index contributed by atoms with van der Waals surface area (Å²) >= 11 is 0. The van der Waals surface area contributed by atoms with E-state index in [0.29, 0.717) is 13.1 Å². The van der Waals surface area contributed by atoms with E-state index < -0.39 is 6.10 Å². The molecule has 96 valence electrons. The predicted octanol–water partition coefficient (Wildman–Crippen LogP) is 1.99. The Bertz CT molecular complexity index is 507. The van der Waals surface area contributed by atoms with Gasteiger partial charge in [0.05, 0.1) is 6.10 Å². The molecule has 0 heterocycles. The first-order valence-corrected chi connectivity index (χ1v) is 6.37. The molecule has 0 aliphatic rings. The Morgan fingerprint density at radius 2 is 1.89 bits per heavy atom. The molecule has 1 atom stereocenters.